The van der Waals surface area contributed by atoms with Crippen molar-refractivity contribution in [3.8, 4) is 0 Å². The number of rotatable bonds is 3. The van der Waals surface area contributed by atoms with Gasteiger partial charge in [-0.05, 0) is 46.0 Å². The molecule has 19 heavy (non-hydrogen) atoms. The van der Waals surface area contributed by atoms with Crippen LogP contribution in [0.25, 0.3) is 0 Å². The number of carbonyl (C=O) groups is 1. The Labute approximate surface area is 116 Å². The molecule has 0 aliphatic heterocycles. The van der Waals surface area contributed by atoms with Gasteiger partial charge in [-0.25, -0.2) is 0 Å². The van der Waals surface area contributed by atoms with Crippen molar-refractivity contribution < 1.29 is 4.79 Å². The summed E-state index contributed by atoms with van der Waals surface area (Å²) in [6.45, 7) is 2.03. The molecule has 0 spiro atoms. The zero-order valence-corrected chi connectivity index (χ0v) is 12.1. The maximum absolute atomic E-state index is 12.3. The largest absolute Gasteiger partial charge is 0.348 e. The highest BCUT2D eigenvalue weighted by Crippen LogP contribution is 2.22. The number of carbonyl (C=O) groups excluding carboxylic acids is 1. The molecule has 1 amide bonds. The molecule has 0 radical (unpaired) electrons. The molecule has 1 aliphatic carbocycles. The number of likely N-dealkylation sites (N-methyl/N-ethyl adjacent to an activating group) is 1. The molecule has 1 N–H and O–H groups in total. The third kappa shape index (κ3) is 3.57. The van der Waals surface area contributed by atoms with Gasteiger partial charge in [0.1, 0.15) is 0 Å². The van der Waals surface area contributed by atoms with Crippen molar-refractivity contribution in [3.05, 3.63) is 35.4 Å². The zero-order valence-electron chi connectivity index (χ0n) is 12.1. The number of nitrogens with zero attached hydrogens (tertiary/aromatic N) is 1. The van der Waals surface area contributed by atoms with Gasteiger partial charge in [-0.3, -0.25) is 4.79 Å². The summed E-state index contributed by atoms with van der Waals surface area (Å²) in [6, 6.07) is 8.51. The van der Waals surface area contributed by atoms with Crippen molar-refractivity contribution in [2.45, 2.75) is 44.7 Å². The van der Waals surface area contributed by atoms with Crippen LogP contribution < -0.4 is 5.32 Å². The topological polar surface area (TPSA) is 32.3 Å². The van der Waals surface area contributed by atoms with E-state index in [9.17, 15) is 4.79 Å². The van der Waals surface area contributed by atoms with Crippen LogP contribution in [0.4, 0.5) is 0 Å². The van der Waals surface area contributed by atoms with E-state index in [4.69, 9.17) is 0 Å². The minimum atomic E-state index is 0.0544. The van der Waals surface area contributed by atoms with E-state index in [-0.39, 0.29) is 11.9 Å². The normalized spacial score (nSPS) is 23.4. The smallest absolute Gasteiger partial charge is 0.251 e. The summed E-state index contributed by atoms with van der Waals surface area (Å²) in [7, 11) is 4.20. The summed E-state index contributed by atoms with van der Waals surface area (Å²) >= 11 is 0. The maximum Gasteiger partial charge on any atom is 0.251 e. The van der Waals surface area contributed by atoms with E-state index in [2.05, 4.69) is 24.3 Å². The second kappa shape index (κ2) is 6.20. The van der Waals surface area contributed by atoms with Crippen molar-refractivity contribution in [2.75, 3.05) is 14.1 Å². The maximum atomic E-state index is 12.3. The van der Waals surface area contributed by atoms with E-state index in [1.54, 1.807) is 0 Å². The molecule has 1 saturated carbocycles. The van der Waals surface area contributed by atoms with E-state index in [1.165, 1.54) is 24.8 Å². The fourth-order valence-corrected chi connectivity index (χ4v) is 2.85. The van der Waals surface area contributed by atoms with E-state index >= 15 is 0 Å². The minimum Gasteiger partial charge on any atom is -0.348 e. The third-order valence-electron chi connectivity index (χ3n) is 4.02. The molecule has 0 unspecified atom stereocenters. The average Bonchev–Trinajstić information content (AvgIpc) is 2.39. The first-order valence-electron chi connectivity index (χ1n) is 7.12. The van der Waals surface area contributed by atoms with Gasteiger partial charge in [0.15, 0.2) is 0 Å². The Balaban J connectivity index is 2.02. The van der Waals surface area contributed by atoms with Crippen LogP contribution in [0.15, 0.2) is 24.3 Å². The van der Waals surface area contributed by atoms with Gasteiger partial charge in [0.25, 0.3) is 5.91 Å². The van der Waals surface area contributed by atoms with E-state index in [0.29, 0.717) is 6.04 Å². The second-order valence-corrected chi connectivity index (χ2v) is 5.76. The van der Waals surface area contributed by atoms with Crippen LogP contribution in [0.3, 0.4) is 0 Å². The highest BCUT2D eigenvalue weighted by atomic mass is 16.1. The molecule has 104 valence electrons. The van der Waals surface area contributed by atoms with Crippen molar-refractivity contribution in [2.24, 2.45) is 0 Å². The SMILES string of the molecule is Cc1ccc(C(=O)N[C@@H]2CCCC[C@H]2N(C)C)cc1. The summed E-state index contributed by atoms with van der Waals surface area (Å²) in [5.41, 5.74) is 1.94. The molecule has 3 heteroatoms. The van der Waals surface area contributed by atoms with Crippen LogP contribution in [-0.2, 0) is 0 Å². The molecule has 0 aromatic heterocycles. The van der Waals surface area contributed by atoms with E-state index in [0.717, 1.165) is 12.0 Å². The predicted octanol–water partition coefficient (Wildman–Crippen LogP) is 2.60. The van der Waals surface area contributed by atoms with Gasteiger partial charge in [0.2, 0.25) is 0 Å². The third-order valence-corrected chi connectivity index (χ3v) is 4.02. The quantitative estimate of drug-likeness (QED) is 0.906. The summed E-state index contributed by atoms with van der Waals surface area (Å²) < 4.78 is 0. The van der Waals surface area contributed by atoms with Crippen LogP contribution in [0.2, 0.25) is 0 Å². The molecule has 3 nitrogen and oxygen atoms in total. The summed E-state index contributed by atoms with van der Waals surface area (Å²) in [5, 5.41) is 3.21. The first-order chi connectivity index (χ1) is 9.08. The van der Waals surface area contributed by atoms with Gasteiger partial charge >= 0.3 is 0 Å². The lowest BCUT2D eigenvalue weighted by atomic mass is 9.89. The van der Waals surface area contributed by atoms with Gasteiger partial charge in [0, 0.05) is 17.6 Å². The fraction of sp³-hybridized carbons (Fsp3) is 0.562. The number of hydrogen-bond acceptors (Lipinski definition) is 2. The zero-order chi connectivity index (χ0) is 13.8. The molecule has 2 rings (SSSR count). The highest BCUT2D eigenvalue weighted by Gasteiger charge is 2.28. The first-order valence-corrected chi connectivity index (χ1v) is 7.12. The first kappa shape index (κ1) is 14.1. The lowest BCUT2D eigenvalue weighted by Crippen LogP contribution is -2.51. The molecule has 0 bridgehead atoms. The number of benzene rings is 1. The van der Waals surface area contributed by atoms with Crippen molar-refractivity contribution >= 4 is 5.91 Å². The monoisotopic (exact) mass is 260 g/mol. The lowest BCUT2D eigenvalue weighted by Gasteiger charge is -2.36. The molecular weight excluding hydrogens is 236 g/mol. The highest BCUT2D eigenvalue weighted by molar-refractivity contribution is 5.94. The molecule has 0 heterocycles. The Morgan fingerprint density at radius 1 is 1.16 bits per heavy atom. The summed E-state index contributed by atoms with van der Waals surface area (Å²) in [6.07, 6.45) is 4.73. The Morgan fingerprint density at radius 3 is 2.42 bits per heavy atom. The van der Waals surface area contributed by atoms with Crippen molar-refractivity contribution in [1.29, 1.82) is 0 Å². The Bertz CT molecular complexity index is 425. The minimum absolute atomic E-state index is 0.0544. The van der Waals surface area contributed by atoms with Crippen molar-refractivity contribution in [1.82, 2.24) is 10.2 Å². The van der Waals surface area contributed by atoms with Gasteiger partial charge in [-0.15, -0.1) is 0 Å². The predicted molar refractivity (Wildman–Crippen MR) is 78.4 cm³/mol. The Morgan fingerprint density at radius 2 is 1.79 bits per heavy atom. The fourth-order valence-electron chi connectivity index (χ4n) is 2.85. The average molecular weight is 260 g/mol. The molecule has 0 saturated heterocycles. The van der Waals surface area contributed by atoms with E-state index in [1.807, 2.05) is 31.2 Å². The lowest BCUT2D eigenvalue weighted by molar-refractivity contribution is 0.0883. The van der Waals surface area contributed by atoms with Gasteiger partial charge in [0.05, 0.1) is 0 Å². The Kier molecular flexibility index (Phi) is 4.59. The van der Waals surface area contributed by atoms with Crippen molar-refractivity contribution in [3.63, 3.8) is 0 Å². The summed E-state index contributed by atoms with van der Waals surface area (Å²) in [4.78, 5) is 14.5. The molecule has 1 aliphatic rings. The number of aryl methyl sites for hydroxylation is 1. The van der Waals surface area contributed by atoms with Crippen LogP contribution >= 0.6 is 0 Å². The molecule has 1 aromatic rings. The van der Waals surface area contributed by atoms with Crippen LogP contribution in [0, 0.1) is 6.92 Å². The van der Waals surface area contributed by atoms with Gasteiger partial charge in [-0.1, -0.05) is 30.5 Å². The molecule has 1 fully saturated rings. The van der Waals surface area contributed by atoms with Crippen LogP contribution in [0.5, 0.6) is 0 Å². The van der Waals surface area contributed by atoms with Gasteiger partial charge < -0.3 is 10.2 Å². The van der Waals surface area contributed by atoms with E-state index < -0.39 is 0 Å². The standard InChI is InChI=1S/C16H24N2O/c1-12-8-10-13(11-9-12)16(19)17-14-6-4-5-7-15(14)18(2)3/h8-11,14-15H,4-7H2,1-3H3,(H,17,19)/t14-,15-/m1/s1. The number of nitrogens with one attached hydrogen (secondary N) is 1. The number of hydrogen-bond donors (Lipinski definition) is 1. The summed E-state index contributed by atoms with van der Waals surface area (Å²) in [5.74, 6) is 0.0544. The molecule has 2 atom stereocenters. The number of amides is 1. The molecular formula is C16H24N2O. The second-order valence-electron chi connectivity index (χ2n) is 5.76. The molecule has 1 aromatic carbocycles. The van der Waals surface area contributed by atoms with Gasteiger partial charge in [-0.2, -0.15) is 0 Å². The van der Waals surface area contributed by atoms with Crippen LogP contribution in [-0.4, -0.2) is 37.0 Å². The van der Waals surface area contributed by atoms with Crippen LogP contribution in [0.1, 0.15) is 41.6 Å². The Hall–Kier alpha value is -1.35.